The van der Waals surface area contributed by atoms with Crippen molar-refractivity contribution < 1.29 is 4.79 Å². The summed E-state index contributed by atoms with van der Waals surface area (Å²) in [6, 6.07) is 16.5. The Bertz CT molecular complexity index is 1210. The van der Waals surface area contributed by atoms with Gasteiger partial charge in [0.15, 0.2) is 0 Å². The van der Waals surface area contributed by atoms with Gasteiger partial charge in [-0.25, -0.2) is 4.98 Å². The highest BCUT2D eigenvalue weighted by Crippen LogP contribution is 2.35. The molecule has 0 saturated carbocycles. The van der Waals surface area contributed by atoms with Gasteiger partial charge in [-0.3, -0.25) is 9.89 Å². The molecule has 1 atom stereocenters. The minimum Gasteiger partial charge on any atom is -0.346 e. The zero-order valence-corrected chi connectivity index (χ0v) is 18.7. The van der Waals surface area contributed by atoms with Crippen LogP contribution in [0.3, 0.4) is 0 Å². The van der Waals surface area contributed by atoms with Gasteiger partial charge in [0, 0.05) is 43.0 Å². The third kappa shape index (κ3) is 4.05. The van der Waals surface area contributed by atoms with Crippen LogP contribution in [-0.2, 0) is 17.8 Å². The maximum absolute atomic E-state index is 13.0. The molecular weight excluding hydrogens is 398 g/mol. The van der Waals surface area contributed by atoms with Crippen molar-refractivity contribution in [3.63, 3.8) is 0 Å². The molecule has 6 nitrogen and oxygen atoms in total. The fourth-order valence-corrected chi connectivity index (χ4v) is 5.04. The molecule has 1 amide bonds. The van der Waals surface area contributed by atoms with E-state index < -0.39 is 0 Å². The van der Waals surface area contributed by atoms with Crippen LogP contribution in [0.1, 0.15) is 32.3 Å². The summed E-state index contributed by atoms with van der Waals surface area (Å²) in [4.78, 5) is 19.9. The molecule has 1 unspecified atom stereocenters. The zero-order chi connectivity index (χ0) is 22.1. The summed E-state index contributed by atoms with van der Waals surface area (Å²) in [5.41, 5.74) is 5.12. The number of likely N-dealkylation sites (tertiary alicyclic amines) is 1. The minimum absolute atomic E-state index is 0.117. The Hall–Kier alpha value is -3.41. The molecule has 1 saturated heterocycles. The first-order chi connectivity index (χ1) is 15.5. The second-order valence-corrected chi connectivity index (χ2v) is 9.43. The van der Waals surface area contributed by atoms with Crippen LogP contribution in [-0.4, -0.2) is 42.6 Å². The molecule has 1 N–H and O–H groups in total. The molecule has 0 bridgehead atoms. The van der Waals surface area contributed by atoms with Crippen LogP contribution in [0.5, 0.6) is 0 Å². The van der Waals surface area contributed by atoms with Crippen LogP contribution in [0, 0.1) is 5.92 Å². The van der Waals surface area contributed by atoms with Gasteiger partial charge in [0.1, 0.15) is 0 Å². The van der Waals surface area contributed by atoms with Gasteiger partial charge in [-0.2, -0.15) is 5.10 Å². The van der Waals surface area contributed by atoms with Crippen LogP contribution >= 0.6 is 0 Å². The molecule has 6 heteroatoms. The quantitative estimate of drug-likeness (QED) is 0.486. The predicted octanol–water partition coefficient (Wildman–Crippen LogP) is 4.69. The lowest BCUT2D eigenvalue weighted by atomic mass is 9.96. The smallest absolute Gasteiger partial charge is 0.223 e. The third-order valence-corrected chi connectivity index (χ3v) is 6.60. The highest BCUT2D eigenvalue weighted by Gasteiger charge is 2.40. The van der Waals surface area contributed by atoms with E-state index in [9.17, 15) is 4.79 Å². The van der Waals surface area contributed by atoms with Crippen LogP contribution in [0.25, 0.3) is 22.3 Å². The van der Waals surface area contributed by atoms with Crippen molar-refractivity contribution in [2.24, 2.45) is 5.92 Å². The van der Waals surface area contributed by atoms with E-state index in [0.29, 0.717) is 12.3 Å². The summed E-state index contributed by atoms with van der Waals surface area (Å²) >= 11 is 0. The van der Waals surface area contributed by atoms with Crippen molar-refractivity contribution in [1.82, 2.24) is 24.6 Å². The Morgan fingerprint density at radius 1 is 1.16 bits per heavy atom. The molecule has 0 aliphatic carbocycles. The summed E-state index contributed by atoms with van der Waals surface area (Å²) in [6.45, 7) is 6.09. The fraction of sp³-hybridized carbons (Fsp3) is 0.346. The van der Waals surface area contributed by atoms with Crippen LogP contribution in [0.15, 0.2) is 67.1 Å². The first-order valence-corrected chi connectivity index (χ1v) is 11.3. The highest BCUT2D eigenvalue weighted by molar-refractivity contribution is 5.79. The Kier molecular flexibility index (Phi) is 5.29. The molecular formula is C26H29N5O. The standard InChI is InChI=1S/C26H29N5O/c1-26(2)14-20(18-31(26)25(32)11-8-19-6-4-3-5-7-19)17-30-13-12-23-24(30)10-9-22(29-23)21-15-27-28-16-21/h3-7,9-10,12-13,15-16,20H,8,11,14,17-18H2,1-2H3,(H,27,28). The lowest BCUT2D eigenvalue weighted by molar-refractivity contribution is -0.134. The molecule has 1 aliphatic rings. The topological polar surface area (TPSA) is 66.8 Å². The molecule has 164 valence electrons. The molecule has 1 aliphatic heterocycles. The average molecular weight is 428 g/mol. The van der Waals surface area contributed by atoms with E-state index in [2.05, 4.69) is 64.0 Å². The molecule has 32 heavy (non-hydrogen) atoms. The Morgan fingerprint density at radius 3 is 2.78 bits per heavy atom. The second kappa shape index (κ2) is 8.26. The Morgan fingerprint density at radius 2 is 2.00 bits per heavy atom. The lowest BCUT2D eigenvalue weighted by Crippen LogP contribution is -2.42. The number of aromatic amines is 1. The van der Waals surface area contributed by atoms with Crippen molar-refractivity contribution in [1.29, 1.82) is 0 Å². The fourth-order valence-electron chi connectivity index (χ4n) is 5.04. The van der Waals surface area contributed by atoms with E-state index >= 15 is 0 Å². The molecule has 3 aromatic heterocycles. The van der Waals surface area contributed by atoms with Crippen molar-refractivity contribution in [2.75, 3.05) is 6.54 Å². The van der Waals surface area contributed by atoms with E-state index in [-0.39, 0.29) is 11.4 Å². The number of aromatic nitrogens is 4. The maximum atomic E-state index is 13.0. The minimum atomic E-state index is -0.117. The van der Waals surface area contributed by atoms with Gasteiger partial charge < -0.3 is 9.47 Å². The van der Waals surface area contributed by atoms with E-state index in [0.717, 1.165) is 48.2 Å². The van der Waals surface area contributed by atoms with Gasteiger partial charge in [-0.05, 0) is 56.4 Å². The van der Waals surface area contributed by atoms with E-state index in [1.54, 1.807) is 6.20 Å². The summed E-state index contributed by atoms with van der Waals surface area (Å²) in [5, 5.41) is 6.86. The van der Waals surface area contributed by atoms with Crippen LogP contribution in [0.4, 0.5) is 0 Å². The van der Waals surface area contributed by atoms with Crippen molar-refractivity contribution in [2.45, 2.75) is 45.2 Å². The normalized spacial score (nSPS) is 17.8. The third-order valence-electron chi connectivity index (χ3n) is 6.60. The molecule has 1 fully saturated rings. The number of fused-ring (bicyclic) bond motifs is 1. The number of H-pyrrole nitrogens is 1. The number of rotatable bonds is 6. The van der Waals surface area contributed by atoms with Gasteiger partial charge in [0.05, 0.1) is 22.9 Å². The first-order valence-electron chi connectivity index (χ1n) is 11.3. The first kappa shape index (κ1) is 20.5. The molecule has 4 aromatic rings. The van der Waals surface area contributed by atoms with E-state index in [1.807, 2.05) is 30.5 Å². The summed E-state index contributed by atoms with van der Waals surface area (Å²) < 4.78 is 2.28. The maximum Gasteiger partial charge on any atom is 0.223 e. The number of hydrogen-bond acceptors (Lipinski definition) is 3. The second-order valence-electron chi connectivity index (χ2n) is 9.43. The Labute approximate surface area is 188 Å². The molecule has 1 aromatic carbocycles. The van der Waals surface area contributed by atoms with Crippen molar-refractivity contribution in [3.8, 4) is 11.3 Å². The number of nitrogens with zero attached hydrogens (tertiary/aromatic N) is 4. The lowest BCUT2D eigenvalue weighted by Gasteiger charge is -2.31. The van der Waals surface area contributed by atoms with Crippen LogP contribution < -0.4 is 0 Å². The number of aryl methyl sites for hydroxylation is 1. The monoisotopic (exact) mass is 427 g/mol. The van der Waals surface area contributed by atoms with Gasteiger partial charge in [-0.1, -0.05) is 30.3 Å². The predicted molar refractivity (Wildman–Crippen MR) is 126 cm³/mol. The summed E-state index contributed by atoms with van der Waals surface area (Å²) in [6.07, 6.45) is 8.12. The summed E-state index contributed by atoms with van der Waals surface area (Å²) in [7, 11) is 0. The molecule has 0 radical (unpaired) electrons. The van der Waals surface area contributed by atoms with Gasteiger partial charge >= 0.3 is 0 Å². The number of carbonyl (C=O) groups is 1. The number of carbonyl (C=O) groups excluding carboxylic acids is 1. The van der Waals surface area contributed by atoms with Gasteiger partial charge in [-0.15, -0.1) is 0 Å². The number of amides is 1. The van der Waals surface area contributed by atoms with E-state index in [1.165, 1.54) is 5.56 Å². The molecule has 4 heterocycles. The summed E-state index contributed by atoms with van der Waals surface area (Å²) in [5.74, 6) is 0.681. The Balaban J connectivity index is 1.27. The zero-order valence-electron chi connectivity index (χ0n) is 18.7. The molecule has 0 spiro atoms. The van der Waals surface area contributed by atoms with Crippen LogP contribution in [0.2, 0.25) is 0 Å². The number of benzene rings is 1. The highest BCUT2D eigenvalue weighted by atomic mass is 16.2. The van der Waals surface area contributed by atoms with Crippen molar-refractivity contribution in [3.05, 3.63) is 72.7 Å². The van der Waals surface area contributed by atoms with Gasteiger partial charge in [0.25, 0.3) is 0 Å². The largest absolute Gasteiger partial charge is 0.346 e. The van der Waals surface area contributed by atoms with Crippen molar-refractivity contribution >= 4 is 16.9 Å². The number of pyridine rings is 1. The number of nitrogens with one attached hydrogen (secondary N) is 1. The average Bonchev–Trinajstić information content (AvgIpc) is 3.52. The SMILES string of the molecule is CC1(C)CC(Cn2ccc3nc(-c4cn[nH]c4)ccc32)CN1C(=O)CCc1ccccc1. The number of hydrogen-bond donors (Lipinski definition) is 1. The van der Waals surface area contributed by atoms with Gasteiger partial charge in [0.2, 0.25) is 5.91 Å². The molecule has 5 rings (SSSR count). The van der Waals surface area contributed by atoms with E-state index in [4.69, 9.17) is 4.98 Å².